The molecule has 0 radical (unpaired) electrons. The predicted octanol–water partition coefficient (Wildman–Crippen LogP) is 3.79. The lowest BCUT2D eigenvalue weighted by atomic mass is 10.1. The summed E-state index contributed by atoms with van der Waals surface area (Å²) in [6.07, 6.45) is 0. The Labute approximate surface area is 114 Å². The third-order valence-electron chi connectivity index (χ3n) is 2.87. The lowest BCUT2D eigenvalue weighted by molar-refractivity contribution is -0.384. The number of nitro groups is 1. The van der Waals surface area contributed by atoms with Crippen molar-refractivity contribution in [2.45, 2.75) is 13.5 Å². The molecule has 4 nitrogen and oxygen atoms in total. The van der Waals surface area contributed by atoms with Crippen LogP contribution < -0.4 is 5.32 Å². The molecule has 0 heterocycles. The molecule has 104 valence electrons. The van der Waals surface area contributed by atoms with Crippen molar-refractivity contribution in [1.29, 1.82) is 0 Å². The van der Waals surface area contributed by atoms with Crippen LogP contribution in [-0.4, -0.2) is 4.92 Å². The number of aryl methyl sites for hydroxylation is 1. The van der Waals surface area contributed by atoms with E-state index < -0.39 is 10.7 Å². The van der Waals surface area contributed by atoms with Crippen molar-refractivity contribution in [3.63, 3.8) is 0 Å². The van der Waals surface area contributed by atoms with Crippen LogP contribution in [0.25, 0.3) is 0 Å². The summed E-state index contributed by atoms with van der Waals surface area (Å²) >= 11 is 0. The van der Waals surface area contributed by atoms with Crippen LogP contribution in [0.2, 0.25) is 0 Å². The maximum absolute atomic E-state index is 13.4. The number of rotatable bonds is 4. The number of nitrogens with one attached hydrogen (secondary N) is 1. The van der Waals surface area contributed by atoms with E-state index >= 15 is 0 Å². The maximum atomic E-state index is 13.4. The molecule has 0 bridgehead atoms. The van der Waals surface area contributed by atoms with Crippen LogP contribution in [0, 0.1) is 28.7 Å². The van der Waals surface area contributed by atoms with Gasteiger partial charge in [0.2, 0.25) is 0 Å². The molecule has 0 unspecified atom stereocenters. The summed E-state index contributed by atoms with van der Waals surface area (Å²) in [4.78, 5) is 10.2. The average Bonchev–Trinajstić information content (AvgIpc) is 2.40. The van der Waals surface area contributed by atoms with Crippen LogP contribution in [-0.2, 0) is 6.54 Å². The number of halogens is 2. The Balaban J connectivity index is 2.20. The molecule has 0 fully saturated rings. The normalized spacial score (nSPS) is 10.3. The molecule has 0 aliphatic heterocycles. The summed E-state index contributed by atoms with van der Waals surface area (Å²) in [6, 6.07) is 7.82. The van der Waals surface area contributed by atoms with Crippen LogP contribution in [0.4, 0.5) is 20.2 Å². The van der Waals surface area contributed by atoms with E-state index in [1.54, 1.807) is 19.1 Å². The number of nitro benzene ring substituents is 1. The standard InChI is InChI=1S/C14H12F2N2O2/c1-9-2-3-10(6-12(9)16)8-17-13-7-11(15)4-5-14(13)18(19)20/h2-7,17H,8H2,1H3. The zero-order valence-corrected chi connectivity index (χ0v) is 10.7. The zero-order valence-electron chi connectivity index (χ0n) is 10.7. The van der Waals surface area contributed by atoms with Gasteiger partial charge in [-0.2, -0.15) is 0 Å². The van der Waals surface area contributed by atoms with Crippen molar-refractivity contribution in [2.75, 3.05) is 5.32 Å². The predicted molar refractivity (Wildman–Crippen MR) is 71.5 cm³/mol. The minimum absolute atomic E-state index is 0.0657. The summed E-state index contributed by atoms with van der Waals surface area (Å²) in [5.41, 5.74) is 0.979. The van der Waals surface area contributed by atoms with E-state index in [2.05, 4.69) is 5.32 Å². The van der Waals surface area contributed by atoms with E-state index in [1.807, 2.05) is 0 Å². The van der Waals surface area contributed by atoms with Gasteiger partial charge in [-0.15, -0.1) is 0 Å². The number of anilines is 1. The molecule has 0 atom stereocenters. The zero-order chi connectivity index (χ0) is 14.7. The quantitative estimate of drug-likeness (QED) is 0.683. The van der Waals surface area contributed by atoms with Crippen LogP contribution in [0.5, 0.6) is 0 Å². The molecule has 0 aliphatic carbocycles. The highest BCUT2D eigenvalue weighted by Gasteiger charge is 2.14. The first kappa shape index (κ1) is 13.9. The molecular weight excluding hydrogens is 266 g/mol. The summed E-state index contributed by atoms with van der Waals surface area (Å²) in [5, 5.41) is 13.6. The van der Waals surface area contributed by atoms with Crippen LogP contribution in [0.15, 0.2) is 36.4 Å². The van der Waals surface area contributed by atoms with Gasteiger partial charge < -0.3 is 5.32 Å². The lowest BCUT2D eigenvalue weighted by Gasteiger charge is -2.08. The highest BCUT2D eigenvalue weighted by molar-refractivity contribution is 5.61. The second-order valence-electron chi connectivity index (χ2n) is 4.36. The van der Waals surface area contributed by atoms with E-state index in [1.165, 1.54) is 6.07 Å². The van der Waals surface area contributed by atoms with E-state index in [-0.39, 0.29) is 23.7 Å². The van der Waals surface area contributed by atoms with Crippen molar-refractivity contribution < 1.29 is 13.7 Å². The Morgan fingerprint density at radius 3 is 2.60 bits per heavy atom. The van der Waals surface area contributed by atoms with Crippen molar-refractivity contribution in [2.24, 2.45) is 0 Å². The molecular formula is C14H12F2N2O2. The Bertz CT molecular complexity index is 660. The summed E-state index contributed by atoms with van der Waals surface area (Å²) in [6.45, 7) is 1.81. The molecule has 0 amide bonds. The molecule has 6 heteroatoms. The van der Waals surface area contributed by atoms with Gasteiger partial charge in [0.1, 0.15) is 17.3 Å². The molecule has 1 N–H and O–H groups in total. The Morgan fingerprint density at radius 2 is 1.95 bits per heavy atom. The summed E-state index contributed by atoms with van der Waals surface area (Å²) in [7, 11) is 0. The minimum atomic E-state index is -0.600. The van der Waals surface area contributed by atoms with Crippen molar-refractivity contribution >= 4 is 11.4 Å². The number of benzene rings is 2. The second-order valence-corrected chi connectivity index (χ2v) is 4.36. The van der Waals surface area contributed by atoms with E-state index in [0.29, 0.717) is 11.1 Å². The number of hydrogen-bond donors (Lipinski definition) is 1. The van der Waals surface area contributed by atoms with E-state index in [4.69, 9.17) is 0 Å². The van der Waals surface area contributed by atoms with E-state index in [9.17, 15) is 18.9 Å². The first-order chi connectivity index (χ1) is 9.47. The van der Waals surface area contributed by atoms with Gasteiger partial charge in [-0.05, 0) is 30.2 Å². The van der Waals surface area contributed by atoms with Crippen molar-refractivity contribution in [3.8, 4) is 0 Å². The fourth-order valence-corrected chi connectivity index (χ4v) is 1.75. The van der Waals surface area contributed by atoms with Gasteiger partial charge >= 0.3 is 0 Å². The van der Waals surface area contributed by atoms with Gasteiger partial charge in [0.25, 0.3) is 5.69 Å². The van der Waals surface area contributed by atoms with Crippen molar-refractivity contribution in [3.05, 3.63) is 69.3 Å². The Hall–Kier alpha value is -2.50. The van der Waals surface area contributed by atoms with Gasteiger partial charge in [-0.1, -0.05) is 12.1 Å². The SMILES string of the molecule is Cc1ccc(CNc2cc(F)ccc2[N+](=O)[O-])cc1F. The highest BCUT2D eigenvalue weighted by Crippen LogP contribution is 2.25. The Kier molecular flexibility index (Phi) is 3.93. The van der Waals surface area contributed by atoms with Gasteiger partial charge in [-0.3, -0.25) is 10.1 Å². The molecule has 0 saturated heterocycles. The lowest BCUT2D eigenvalue weighted by Crippen LogP contribution is -2.03. The molecule has 0 aromatic heterocycles. The second kappa shape index (κ2) is 5.64. The van der Waals surface area contributed by atoms with Crippen LogP contribution >= 0.6 is 0 Å². The fraction of sp³-hybridized carbons (Fsp3) is 0.143. The fourth-order valence-electron chi connectivity index (χ4n) is 1.75. The average molecular weight is 278 g/mol. The Morgan fingerprint density at radius 1 is 1.20 bits per heavy atom. The van der Waals surface area contributed by atoms with Gasteiger partial charge in [0.05, 0.1) is 4.92 Å². The largest absolute Gasteiger partial charge is 0.375 e. The summed E-state index contributed by atoms with van der Waals surface area (Å²) in [5.74, 6) is -0.925. The van der Waals surface area contributed by atoms with Crippen molar-refractivity contribution in [1.82, 2.24) is 0 Å². The maximum Gasteiger partial charge on any atom is 0.292 e. The minimum Gasteiger partial charge on any atom is -0.375 e. The number of nitrogens with zero attached hydrogens (tertiary/aromatic N) is 1. The molecule has 0 spiro atoms. The topological polar surface area (TPSA) is 55.2 Å². The molecule has 2 aromatic carbocycles. The molecule has 0 aliphatic rings. The summed E-state index contributed by atoms with van der Waals surface area (Å²) < 4.78 is 26.5. The molecule has 2 rings (SSSR count). The first-order valence-corrected chi connectivity index (χ1v) is 5.90. The van der Waals surface area contributed by atoms with E-state index in [0.717, 1.165) is 18.2 Å². The first-order valence-electron chi connectivity index (χ1n) is 5.90. The van der Waals surface area contributed by atoms with Crippen LogP contribution in [0.3, 0.4) is 0 Å². The smallest absolute Gasteiger partial charge is 0.292 e. The van der Waals surface area contributed by atoms with Gasteiger partial charge in [-0.25, -0.2) is 8.78 Å². The number of hydrogen-bond acceptors (Lipinski definition) is 3. The third kappa shape index (κ3) is 3.09. The molecule has 20 heavy (non-hydrogen) atoms. The highest BCUT2D eigenvalue weighted by atomic mass is 19.1. The third-order valence-corrected chi connectivity index (χ3v) is 2.87. The molecule has 0 saturated carbocycles. The van der Waals surface area contributed by atoms with Gasteiger partial charge in [0, 0.05) is 18.7 Å². The monoisotopic (exact) mass is 278 g/mol. The molecule has 2 aromatic rings. The van der Waals surface area contributed by atoms with Gasteiger partial charge in [0.15, 0.2) is 0 Å². The van der Waals surface area contributed by atoms with Crippen LogP contribution in [0.1, 0.15) is 11.1 Å².